The molecule has 0 unspecified atom stereocenters. The highest BCUT2D eigenvalue weighted by Gasteiger charge is 2.20. The van der Waals surface area contributed by atoms with Gasteiger partial charge in [0.2, 0.25) is 0 Å². The molecular formula is C16H28IN5S. The summed E-state index contributed by atoms with van der Waals surface area (Å²) in [7, 11) is 0. The first-order valence-corrected chi connectivity index (χ1v) is 9.39. The SMILES string of the molecule is CCc1nc(CN2CCC(CNC3=NCCCN3)CC2)cs1.I. The fraction of sp³-hybridized carbons (Fsp3) is 0.750. The van der Waals surface area contributed by atoms with Gasteiger partial charge >= 0.3 is 0 Å². The second-order valence-corrected chi connectivity index (χ2v) is 7.14. The Bertz CT molecular complexity index is 496. The second-order valence-electron chi connectivity index (χ2n) is 6.20. The molecule has 0 spiro atoms. The van der Waals surface area contributed by atoms with Crippen molar-refractivity contribution in [3.63, 3.8) is 0 Å². The average Bonchev–Trinajstić information content (AvgIpc) is 3.03. The fourth-order valence-corrected chi connectivity index (χ4v) is 3.79. The molecule has 0 bridgehead atoms. The number of aromatic nitrogens is 1. The van der Waals surface area contributed by atoms with E-state index in [1.54, 1.807) is 11.3 Å². The Morgan fingerprint density at radius 1 is 1.39 bits per heavy atom. The summed E-state index contributed by atoms with van der Waals surface area (Å²) in [6, 6.07) is 0. The first-order valence-electron chi connectivity index (χ1n) is 8.51. The van der Waals surface area contributed by atoms with Gasteiger partial charge in [0.05, 0.1) is 10.7 Å². The minimum atomic E-state index is 0. The zero-order valence-corrected chi connectivity index (χ0v) is 17.0. The Labute approximate surface area is 160 Å². The van der Waals surface area contributed by atoms with Gasteiger partial charge in [0.15, 0.2) is 5.96 Å². The van der Waals surface area contributed by atoms with Crippen molar-refractivity contribution in [3.05, 3.63) is 16.1 Å². The summed E-state index contributed by atoms with van der Waals surface area (Å²) in [4.78, 5) is 11.7. The van der Waals surface area contributed by atoms with E-state index >= 15 is 0 Å². The van der Waals surface area contributed by atoms with Gasteiger partial charge in [-0.05, 0) is 44.7 Å². The van der Waals surface area contributed by atoms with Crippen molar-refractivity contribution in [2.75, 3.05) is 32.7 Å². The topological polar surface area (TPSA) is 52.6 Å². The van der Waals surface area contributed by atoms with Crippen LogP contribution in [-0.2, 0) is 13.0 Å². The fourth-order valence-electron chi connectivity index (χ4n) is 3.05. The van der Waals surface area contributed by atoms with E-state index in [1.165, 1.54) is 36.6 Å². The number of likely N-dealkylation sites (tertiary alicyclic amines) is 1. The minimum absolute atomic E-state index is 0. The third kappa shape index (κ3) is 5.86. The molecule has 3 rings (SSSR count). The molecule has 2 aliphatic rings. The Morgan fingerprint density at radius 3 is 2.87 bits per heavy atom. The number of nitrogens with one attached hydrogen (secondary N) is 2. The van der Waals surface area contributed by atoms with Gasteiger partial charge in [0.25, 0.3) is 0 Å². The number of piperidine rings is 1. The predicted octanol–water partition coefficient (Wildman–Crippen LogP) is 2.47. The number of guanidine groups is 1. The lowest BCUT2D eigenvalue weighted by molar-refractivity contribution is 0.176. The van der Waals surface area contributed by atoms with Gasteiger partial charge in [-0.2, -0.15) is 0 Å². The van der Waals surface area contributed by atoms with Gasteiger partial charge in [-0.1, -0.05) is 6.92 Å². The lowest BCUT2D eigenvalue weighted by Crippen LogP contribution is -2.44. The molecule has 0 saturated carbocycles. The molecule has 0 aliphatic carbocycles. The van der Waals surface area contributed by atoms with Crippen LogP contribution in [0.4, 0.5) is 0 Å². The summed E-state index contributed by atoms with van der Waals surface area (Å²) in [6.45, 7) is 8.63. The highest BCUT2D eigenvalue weighted by molar-refractivity contribution is 14.0. The molecule has 130 valence electrons. The second kappa shape index (κ2) is 9.78. The van der Waals surface area contributed by atoms with Crippen LogP contribution in [0.15, 0.2) is 10.4 Å². The van der Waals surface area contributed by atoms with Crippen molar-refractivity contribution < 1.29 is 0 Å². The van der Waals surface area contributed by atoms with Crippen LogP contribution in [-0.4, -0.2) is 48.6 Å². The zero-order valence-electron chi connectivity index (χ0n) is 13.9. The molecule has 2 N–H and O–H groups in total. The maximum atomic E-state index is 4.68. The summed E-state index contributed by atoms with van der Waals surface area (Å²) in [5.41, 5.74) is 1.25. The number of hydrogen-bond donors (Lipinski definition) is 2. The first kappa shape index (κ1) is 18.9. The van der Waals surface area contributed by atoms with Crippen LogP contribution in [0.2, 0.25) is 0 Å². The molecule has 0 amide bonds. The zero-order chi connectivity index (χ0) is 15.2. The van der Waals surface area contributed by atoms with E-state index < -0.39 is 0 Å². The summed E-state index contributed by atoms with van der Waals surface area (Å²) in [6.07, 6.45) is 4.74. The van der Waals surface area contributed by atoms with E-state index in [1.807, 2.05) is 0 Å². The highest BCUT2D eigenvalue weighted by atomic mass is 127. The van der Waals surface area contributed by atoms with Crippen molar-refractivity contribution in [2.24, 2.45) is 10.9 Å². The van der Waals surface area contributed by atoms with Gasteiger partial charge in [-0.25, -0.2) is 4.98 Å². The minimum Gasteiger partial charge on any atom is -0.356 e. The van der Waals surface area contributed by atoms with E-state index in [4.69, 9.17) is 0 Å². The molecule has 1 fully saturated rings. The molecule has 1 aromatic rings. The third-order valence-electron chi connectivity index (χ3n) is 4.45. The molecule has 5 nitrogen and oxygen atoms in total. The van der Waals surface area contributed by atoms with Gasteiger partial charge < -0.3 is 10.6 Å². The number of halogens is 1. The third-order valence-corrected chi connectivity index (χ3v) is 5.49. The molecule has 0 atom stereocenters. The number of rotatable bonds is 5. The maximum absolute atomic E-state index is 4.68. The van der Waals surface area contributed by atoms with Crippen LogP contribution in [0.1, 0.15) is 36.9 Å². The molecule has 1 saturated heterocycles. The number of thiazole rings is 1. The van der Waals surface area contributed by atoms with Gasteiger partial charge in [0, 0.05) is 31.6 Å². The lowest BCUT2D eigenvalue weighted by atomic mass is 9.97. The molecule has 2 aliphatic heterocycles. The molecule has 0 aromatic carbocycles. The first-order chi connectivity index (χ1) is 10.8. The van der Waals surface area contributed by atoms with Crippen molar-refractivity contribution in [2.45, 2.75) is 39.2 Å². The Morgan fingerprint density at radius 2 is 2.22 bits per heavy atom. The van der Waals surface area contributed by atoms with Gasteiger partial charge in [-0.3, -0.25) is 9.89 Å². The number of aryl methyl sites for hydroxylation is 1. The number of aliphatic imine (C=N–C) groups is 1. The summed E-state index contributed by atoms with van der Waals surface area (Å²) < 4.78 is 0. The standard InChI is InChI=1S/C16H27N5S.HI/c1-2-15-20-14(12-22-15)11-21-8-4-13(5-9-21)10-19-16-17-6-3-7-18-16;/h12-13H,2-11H2,1H3,(H2,17,18,19);1H. The van der Waals surface area contributed by atoms with Crippen LogP contribution in [0, 0.1) is 5.92 Å². The van der Waals surface area contributed by atoms with E-state index in [2.05, 4.69) is 37.8 Å². The van der Waals surface area contributed by atoms with E-state index in [9.17, 15) is 0 Å². The van der Waals surface area contributed by atoms with E-state index in [-0.39, 0.29) is 24.0 Å². The van der Waals surface area contributed by atoms with E-state index in [0.29, 0.717) is 0 Å². The van der Waals surface area contributed by atoms with Crippen LogP contribution >= 0.6 is 35.3 Å². The quantitative estimate of drug-likeness (QED) is 0.679. The van der Waals surface area contributed by atoms with Crippen LogP contribution in [0.25, 0.3) is 0 Å². The lowest BCUT2D eigenvalue weighted by Gasteiger charge is -2.32. The molecule has 0 radical (unpaired) electrons. The number of nitrogens with zero attached hydrogens (tertiary/aromatic N) is 3. The molecule has 7 heteroatoms. The van der Waals surface area contributed by atoms with Gasteiger partial charge in [0.1, 0.15) is 0 Å². The van der Waals surface area contributed by atoms with Crippen molar-refractivity contribution in [1.82, 2.24) is 20.5 Å². The maximum Gasteiger partial charge on any atom is 0.191 e. The highest BCUT2D eigenvalue weighted by Crippen LogP contribution is 2.19. The molecule has 3 heterocycles. The average molecular weight is 449 g/mol. The monoisotopic (exact) mass is 449 g/mol. The summed E-state index contributed by atoms with van der Waals surface area (Å²) in [5, 5.41) is 10.3. The van der Waals surface area contributed by atoms with Crippen LogP contribution < -0.4 is 10.6 Å². The molecule has 1 aromatic heterocycles. The summed E-state index contributed by atoms with van der Waals surface area (Å²) >= 11 is 1.79. The smallest absolute Gasteiger partial charge is 0.191 e. The van der Waals surface area contributed by atoms with Crippen molar-refractivity contribution in [3.8, 4) is 0 Å². The predicted molar refractivity (Wildman–Crippen MR) is 108 cm³/mol. The van der Waals surface area contributed by atoms with Crippen LogP contribution in [0.3, 0.4) is 0 Å². The van der Waals surface area contributed by atoms with Crippen molar-refractivity contribution >= 4 is 41.3 Å². The normalized spacial score (nSPS) is 19.6. The number of hydrogen-bond acceptors (Lipinski definition) is 6. The Balaban J connectivity index is 0.00000192. The largest absolute Gasteiger partial charge is 0.356 e. The Hall–Kier alpha value is -0.410. The molecular weight excluding hydrogens is 421 g/mol. The van der Waals surface area contributed by atoms with Crippen molar-refractivity contribution in [1.29, 1.82) is 0 Å². The molecule has 23 heavy (non-hydrogen) atoms. The Kier molecular flexibility index (Phi) is 8.05. The van der Waals surface area contributed by atoms with E-state index in [0.717, 1.165) is 50.9 Å². The van der Waals surface area contributed by atoms with Crippen LogP contribution in [0.5, 0.6) is 0 Å². The van der Waals surface area contributed by atoms with Gasteiger partial charge in [-0.15, -0.1) is 35.3 Å². The summed E-state index contributed by atoms with van der Waals surface area (Å²) in [5.74, 6) is 1.77.